The van der Waals surface area contributed by atoms with Crippen LogP contribution in [0.3, 0.4) is 0 Å². The molecule has 100 valence electrons. The molecule has 4 nitrogen and oxygen atoms in total. The third-order valence-corrected chi connectivity index (χ3v) is 3.36. The van der Waals surface area contributed by atoms with Crippen LogP contribution in [0.5, 0.6) is 0 Å². The Morgan fingerprint density at radius 3 is 1.80 bits per heavy atom. The lowest BCUT2D eigenvalue weighted by molar-refractivity contribution is -0.129. The van der Waals surface area contributed by atoms with Crippen molar-refractivity contribution in [2.24, 2.45) is 5.92 Å². The topological polar surface area (TPSA) is 58.2 Å². The standard InChI is InChI=1S/C16H14N2O2/c19-15-12(10-11-6-2-1-3-7-11)16(20)18-14-9-5-4-8-13(14)17-15/h1-9,12H,10H2,(H,17,19)(H,18,20). The molecule has 0 spiro atoms. The van der Waals surface area contributed by atoms with E-state index in [1.165, 1.54) is 0 Å². The van der Waals surface area contributed by atoms with Gasteiger partial charge in [0.2, 0.25) is 11.8 Å². The Balaban J connectivity index is 1.87. The molecule has 0 atom stereocenters. The van der Waals surface area contributed by atoms with E-state index in [0.29, 0.717) is 17.8 Å². The van der Waals surface area contributed by atoms with Crippen LogP contribution in [0.15, 0.2) is 54.6 Å². The van der Waals surface area contributed by atoms with Crippen LogP contribution in [-0.2, 0) is 16.0 Å². The molecule has 0 radical (unpaired) electrons. The molecule has 2 amide bonds. The van der Waals surface area contributed by atoms with Gasteiger partial charge in [-0.1, -0.05) is 42.5 Å². The smallest absolute Gasteiger partial charge is 0.237 e. The van der Waals surface area contributed by atoms with Crippen LogP contribution in [0, 0.1) is 5.92 Å². The third kappa shape index (κ3) is 2.40. The van der Waals surface area contributed by atoms with Crippen molar-refractivity contribution in [3.05, 3.63) is 60.2 Å². The van der Waals surface area contributed by atoms with Crippen molar-refractivity contribution in [2.45, 2.75) is 6.42 Å². The van der Waals surface area contributed by atoms with Crippen molar-refractivity contribution in [1.29, 1.82) is 0 Å². The van der Waals surface area contributed by atoms with E-state index in [2.05, 4.69) is 10.6 Å². The van der Waals surface area contributed by atoms with Crippen molar-refractivity contribution in [3.8, 4) is 0 Å². The number of carbonyl (C=O) groups excluding carboxylic acids is 2. The van der Waals surface area contributed by atoms with Crippen LogP contribution < -0.4 is 10.6 Å². The first-order valence-corrected chi connectivity index (χ1v) is 6.49. The van der Waals surface area contributed by atoms with Crippen molar-refractivity contribution >= 4 is 23.2 Å². The highest BCUT2D eigenvalue weighted by Crippen LogP contribution is 2.26. The lowest BCUT2D eigenvalue weighted by Crippen LogP contribution is -2.32. The fourth-order valence-electron chi connectivity index (χ4n) is 2.30. The van der Waals surface area contributed by atoms with Crippen LogP contribution in [-0.4, -0.2) is 11.8 Å². The molecule has 0 bridgehead atoms. The second-order valence-corrected chi connectivity index (χ2v) is 4.77. The molecule has 0 aliphatic carbocycles. The molecule has 2 N–H and O–H groups in total. The maximum atomic E-state index is 12.2. The van der Waals surface area contributed by atoms with Gasteiger partial charge in [0.05, 0.1) is 11.4 Å². The van der Waals surface area contributed by atoms with Gasteiger partial charge in [-0.2, -0.15) is 0 Å². The van der Waals surface area contributed by atoms with Gasteiger partial charge in [-0.3, -0.25) is 9.59 Å². The molecule has 0 unspecified atom stereocenters. The van der Waals surface area contributed by atoms with Crippen molar-refractivity contribution in [2.75, 3.05) is 10.6 Å². The zero-order valence-corrected chi connectivity index (χ0v) is 10.8. The number of benzene rings is 2. The Bertz CT molecular complexity index is 616. The number of anilines is 2. The number of carbonyl (C=O) groups is 2. The highest BCUT2D eigenvalue weighted by Gasteiger charge is 2.30. The van der Waals surface area contributed by atoms with Crippen LogP contribution >= 0.6 is 0 Å². The lowest BCUT2D eigenvalue weighted by atomic mass is 9.98. The molecular formula is C16H14N2O2. The van der Waals surface area contributed by atoms with Gasteiger partial charge in [0.25, 0.3) is 0 Å². The minimum absolute atomic E-state index is 0.267. The predicted molar refractivity (Wildman–Crippen MR) is 77.3 cm³/mol. The van der Waals surface area contributed by atoms with Crippen LogP contribution in [0.25, 0.3) is 0 Å². The fraction of sp³-hybridized carbons (Fsp3) is 0.125. The minimum atomic E-state index is -0.718. The largest absolute Gasteiger partial charge is 0.324 e. The Kier molecular flexibility index (Phi) is 3.21. The molecule has 1 aliphatic rings. The molecule has 0 saturated carbocycles. The molecule has 1 heterocycles. The Morgan fingerprint density at radius 2 is 1.25 bits per heavy atom. The highest BCUT2D eigenvalue weighted by atomic mass is 16.2. The summed E-state index contributed by atoms with van der Waals surface area (Å²) in [4.78, 5) is 24.4. The molecule has 3 rings (SSSR count). The predicted octanol–water partition coefficient (Wildman–Crippen LogP) is 2.44. The van der Waals surface area contributed by atoms with Crippen molar-refractivity contribution in [3.63, 3.8) is 0 Å². The number of rotatable bonds is 2. The van der Waals surface area contributed by atoms with Gasteiger partial charge in [-0.25, -0.2) is 0 Å². The SMILES string of the molecule is O=C1Nc2ccccc2NC(=O)C1Cc1ccccc1. The summed E-state index contributed by atoms with van der Waals surface area (Å²) in [6, 6.07) is 16.7. The summed E-state index contributed by atoms with van der Waals surface area (Å²) < 4.78 is 0. The number of nitrogens with one attached hydrogen (secondary N) is 2. The summed E-state index contributed by atoms with van der Waals surface area (Å²) in [5.41, 5.74) is 2.25. The van der Waals surface area contributed by atoms with E-state index >= 15 is 0 Å². The average Bonchev–Trinajstić information content (AvgIpc) is 2.58. The minimum Gasteiger partial charge on any atom is -0.324 e. The first-order valence-electron chi connectivity index (χ1n) is 6.49. The zero-order chi connectivity index (χ0) is 13.9. The van der Waals surface area contributed by atoms with E-state index in [1.807, 2.05) is 42.5 Å². The van der Waals surface area contributed by atoms with Crippen LogP contribution in [0.2, 0.25) is 0 Å². The molecule has 0 aromatic heterocycles. The molecule has 2 aromatic rings. The van der Waals surface area contributed by atoms with Gasteiger partial charge in [-0.05, 0) is 24.1 Å². The molecule has 4 heteroatoms. The van der Waals surface area contributed by atoms with E-state index in [1.54, 1.807) is 12.1 Å². The highest BCUT2D eigenvalue weighted by molar-refractivity contribution is 6.15. The third-order valence-electron chi connectivity index (χ3n) is 3.36. The van der Waals surface area contributed by atoms with Gasteiger partial charge < -0.3 is 10.6 Å². The first-order chi connectivity index (χ1) is 9.74. The monoisotopic (exact) mass is 266 g/mol. The summed E-state index contributed by atoms with van der Waals surface area (Å²) in [5, 5.41) is 5.60. The average molecular weight is 266 g/mol. The van der Waals surface area contributed by atoms with Crippen molar-refractivity contribution < 1.29 is 9.59 Å². The number of fused-ring (bicyclic) bond motifs is 1. The zero-order valence-electron chi connectivity index (χ0n) is 10.8. The fourth-order valence-corrected chi connectivity index (χ4v) is 2.30. The maximum absolute atomic E-state index is 12.2. The Labute approximate surface area is 116 Å². The van der Waals surface area contributed by atoms with E-state index in [-0.39, 0.29) is 11.8 Å². The van der Waals surface area contributed by atoms with Crippen LogP contribution in [0.1, 0.15) is 5.56 Å². The van der Waals surface area contributed by atoms with Gasteiger partial charge in [0.15, 0.2) is 0 Å². The van der Waals surface area contributed by atoms with Gasteiger partial charge in [-0.15, -0.1) is 0 Å². The molecule has 2 aromatic carbocycles. The number of hydrogen-bond acceptors (Lipinski definition) is 2. The molecule has 0 saturated heterocycles. The summed E-state index contributed by atoms with van der Waals surface area (Å²) in [5.74, 6) is -1.25. The normalized spacial score (nSPS) is 15.0. The quantitative estimate of drug-likeness (QED) is 0.820. The summed E-state index contributed by atoms with van der Waals surface area (Å²) in [6.45, 7) is 0. The second kappa shape index (κ2) is 5.17. The second-order valence-electron chi connectivity index (χ2n) is 4.77. The van der Waals surface area contributed by atoms with Crippen LogP contribution in [0.4, 0.5) is 11.4 Å². The lowest BCUT2D eigenvalue weighted by Gasteiger charge is -2.11. The summed E-state index contributed by atoms with van der Waals surface area (Å²) >= 11 is 0. The van der Waals surface area contributed by atoms with Gasteiger partial charge >= 0.3 is 0 Å². The van der Waals surface area contributed by atoms with E-state index in [4.69, 9.17) is 0 Å². The first kappa shape index (κ1) is 12.4. The number of para-hydroxylation sites is 2. The van der Waals surface area contributed by atoms with Gasteiger partial charge in [0.1, 0.15) is 5.92 Å². The molecule has 1 aliphatic heterocycles. The number of amides is 2. The van der Waals surface area contributed by atoms with E-state index < -0.39 is 5.92 Å². The Hall–Kier alpha value is -2.62. The van der Waals surface area contributed by atoms with Crippen molar-refractivity contribution in [1.82, 2.24) is 0 Å². The summed E-state index contributed by atoms with van der Waals surface area (Å²) in [6.07, 6.45) is 0.395. The molecule has 0 fully saturated rings. The molecular weight excluding hydrogens is 252 g/mol. The maximum Gasteiger partial charge on any atom is 0.237 e. The van der Waals surface area contributed by atoms with E-state index in [0.717, 1.165) is 5.56 Å². The van der Waals surface area contributed by atoms with E-state index in [9.17, 15) is 9.59 Å². The number of hydrogen-bond donors (Lipinski definition) is 2. The Morgan fingerprint density at radius 1 is 0.750 bits per heavy atom. The molecule has 20 heavy (non-hydrogen) atoms. The van der Waals surface area contributed by atoms with Gasteiger partial charge in [0, 0.05) is 0 Å². The summed E-state index contributed by atoms with van der Waals surface area (Å²) in [7, 11) is 0.